The van der Waals surface area contributed by atoms with Crippen LogP contribution >= 0.6 is 0 Å². The zero-order chi connectivity index (χ0) is 19.3. The highest BCUT2D eigenvalue weighted by molar-refractivity contribution is 5.31. The monoisotopic (exact) mass is 366 g/mol. The van der Waals surface area contributed by atoms with E-state index in [9.17, 15) is 26.3 Å². The van der Waals surface area contributed by atoms with Gasteiger partial charge in [-0.1, -0.05) is 12.1 Å². The van der Waals surface area contributed by atoms with E-state index >= 15 is 0 Å². The van der Waals surface area contributed by atoms with Crippen LogP contribution in [0.4, 0.5) is 26.3 Å². The number of aliphatic hydroxyl groups excluding tert-OH is 1. The maximum absolute atomic E-state index is 12.5. The van der Waals surface area contributed by atoms with Gasteiger partial charge in [-0.2, -0.15) is 26.3 Å². The van der Waals surface area contributed by atoms with Gasteiger partial charge in [-0.05, 0) is 48.9 Å². The second-order valence-electron chi connectivity index (χ2n) is 4.90. The first-order valence-corrected chi connectivity index (χ1v) is 7.03. The van der Waals surface area contributed by atoms with E-state index in [4.69, 9.17) is 9.84 Å². The van der Waals surface area contributed by atoms with Crippen LogP contribution in [-0.2, 0) is 12.4 Å². The molecule has 0 aromatic heterocycles. The van der Waals surface area contributed by atoms with E-state index in [0.717, 1.165) is 31.4 Å². The molecule has 0 aliphatic carbocycles. The summed E-state index contributed by atoms with van der Waals surface area (Å²) in [7, 11) is 1.00. The van der Waals surface area contributed by atoms with Gasteiger partial charge in [0.25, 0.3) is 0 Å². The van der Waals surface area contributed by atoms with E-state index in [1.807, 2.05) is 0 Å². The zero-order valence-corrected chi connectivity index (χ0v) is 13.3. The Hall–Kier alpha value is -2.22. The fraction of sp³-hybridized carbons (Fsp3) is 0.294. The topological polar surface area (TPSA) is 29.5 Å². The zero-order valence-electron chi connectivity index (χ0n) is 13.3. The molecule has 0 aliphatic rings. The minimum absolute atomic E-state index is 0.199. The lowest BCUT2D eigenvalue weighted by molar-refractivity contribution is -0.138. The highest BCUT2D eigenvalue weighted by Gasteiger charge is 2.31. The number of ether oxygens (including phenoxy) is 1. The third-order valence-electron chi connectivity index (χ3n) is 3.20. The van der Waals surface area contributed by atoms with Gasteiger partial charge in [0, 0.05) is 7.11 Å². The summed E-state index contributed by atoms with van der Waals surface area (Å²) in [6.45, 7) is 1.60. The molecule has 1 unspecified atom stereocenters. The molecule has 0 amide bonds. The first kappa shape index (κ1) is 20.8. The standard InChI is InChI=1S/C16H12F6O.CH4O/c1-10(11-2-4-12(5-3-11)15(17,18)19)23-14-8-6-13(7-9-14)16(20,21)22;1-2/h2-10H,1H3;2H,1H3. The molecule has 2 nitrogen and oxygen atoms in total. The molecule has 1 N–H and O–H groups in total. The second kappa shape index (κ2) is 8.24. The molecule has 0 aliphatic heterocycles. The van der Waals surface area contributed by atoms with E-state index in [1.54, 1.807) is 6.92 Å². The Labute approximate surface area is 140 Å². The molecule has 138 valence electrons. The quantitative estimate of drug-likeness (QED) is 0.730. The van der Waals surface area contributed by atoms with Crippen molar-refractivity contribution < 1.29 is 36.2 Å². The van der Waals surface area contributed by atoms with Gasteiger partial charge in [-0.25, -0.2) is 0 Å². The van der Waals surface area contributed by atoms with Crippen LogP contribution in [0, 0.1) is 0 Å². The van der Waals surface area contributed by atoms with Crippen molar-refractivity contribution in [1.29, 1.82) is 0 Å². The Kier molecular flexibility index (Phi) is 6.87. The van der Waals surface area contributed by atoms with E-state index in [0.29, 0.717) is 5.56 Å². The largest absolute Gasteiger partial charge is 0.486 e. The van der Waals surface area contributed by atoms with Crippen LogP contribution in [0.2, 0.25) is 0 Å². The molecule has 8 heteroatoms. The molecule has 1 atom stereocenters. The van der Waals surface area contributed by atoms with Crippen LogP contribution in [0.3, 0.4) is 0 Å². The first-order chi connectivity index (χ1) is 11.6. The molecule has 2 rings (SSSR count). The van der Waals surface area contributed by atoms with E-state index in [-0.39, 0.29) is 5.75 Å². The van der Waals surface area contributed by atoms with Crippen molar-refractivity contribution in [2.75, 3.05) is 7.11 Å². The molecule has 2 aromatic carbocycles. The number of hydrogen-bond donors (Lipinski definition) is 1. The summed E-state index contributed by atoms with van der Waals surface area (Å²) in [5.41, 5.74) is -1.09. The minimum Gasteiger partial charge on any atom is -0.486 e. The molecule has 0 fully saturated rings. The lowest BCUT2D eigenvalue weighted by Crippen LogP contribution is -2.07. The number of alkyl halides is 6. The fourth-order valence-electron chi connectivity index (χ4n) is 1.94. The third-order valence-corrected chi connectivity index (χ3v) is 3.20. The lowest BCUT2D eigenvalue weighted by Gasteiger charge is -2.16. The van der Waals surface area contributed by atoms with Gasteiger partial charge in [0.05, 0.1) is 11.1 Å². The van der Waals surface area contributed by atoms with Crippen LogP contribution in [0.25, 0.3) is 0 Å². The van der Waals surface area contributed by atoms with Crippen LogP contribution in [0.1, 0.15) is 29.7 Å². The average molecular weight is 366 g/mol. The Morgan fingerprint density at radius 3 is 1.44 bits per heavy atom. The number of hydrogen-bond acceptors (Lipinski definition) is 2. The van der Waals surface area contributed by atoms with Gasteiger partial charge in [0.2, 0.25) is 0 Å². The van der Waals surface area contributed by atoms with Crippen LogP contribution < -0.4 is 4.74 Å². The van der Waals surface area contributed by atoms with Crippen molar-refractivity contribution in [1.82, 2.24) is 0 Å². The highest BCUT2D eigenvalue weighted by Crippen LogP contribution is 2.32. The predicted octanol–water partition coefficient (Wildman–Crippen LogP) is 5.47. The van der Waals surface area contributed by atoms with Gasteiger partial charge in [0.15, 0.2) is 0 Å². The molecule has 0 saturated heterocycles. The summed E-state index contributed by atoms with van der Waals surface area (Å²) < 4.78 is 80.2. The summed E-state index contributed by atoms with van der Waals surface area (Å²) in [6, 6.07) is 8.52. The molecular weight excluding hydrogens is 350 g/mol. The Morgan fingerprint density at radius 1 is 0.720 bits per heavy atom. The first-order valence-electron chi connectivity index (χ1n) is 7.03. The smallest absolute Gasteiger partial charge is 0.416 e. The van der Waals surface area contributed by atoms with Gasteiger partial charge < -0.3 is 9.84 Å². The van der Waals surface area contributed by atoms with E-state index in [1.165, 1.54) is 24.3 Å². The predicted molar refractivity (Wildman–Crippen MR) is 80.1 cm³/mol. The summed E-state index contributed by atoms with van der Waals surface area (Å²) in [6.07, 6.45) is -9.46. The van der Waals surface area contributed by atoms with Crippen LogP contribution in [0.15, 0.2) is 48.5 Å². The Bertz CT molecular complexity index is 645. The van der Waals surface area contributed by atoms with Gasteiger partial charge in [-0.15, -0.1) is 0 Å². The SMILES string of the molecule is CC(Oc1ccc(C(F)(F)F)cc1)c1ccc(C(F)(F)F)cc1.CO. The summed E-state index contributed by atoms with van der Waals surface area (Å²) in [5.74, 6) is 0.199. The van der Waals surface area contributed by atoms with E-state index in [2.05, 4.69) is 0 Å². The molecular formula is C17H16F6O2. The Morgan fingerprint density at radius 2 is 1.08 bits per heavy atom. The highest BCUT2D eigenvalue weighted by atomic mass is 19.4. The Balaban J connectivity index is 0.00000151. The summed E-state index contributed by atoms with van der Waals surface area (Å²) in [4.78, 5) is 0. The van der Waals surface area contributed by atoms with Crippen molar-refractivity contribution in [3.8, 4) is 5.75 Å². The summed E-state index contributed by atoms with van der Waals surface area (Å²) in [5, 5.41) is 7.00. The molecule has 0 saturated carbocycles. The van der Waals surface area contributed by atoms with Crippen molar-refractivity contribution in [3.63, 3.8) is 0 Å². The molecule has 0 spiro atoms. The number of rotatable bonds is 3. The minimum atomic E-state index is -4.43. The molecule has 25 heavy (non-hydrogen) atoms. The third kappa shape index (κ3) is 5.97. The number of aliphatic hydroxyl groups is 1. The molecule has 0 heterocycles. The van der Waals surface area contributed by atoms with Crippen molar-refractivity contribution in [3.05, 3.63) is 65.2 Å². The van der Waals surface area contributed by atoms with Gasteiger partial charge >= 0.3 is 12.4 Å². The summed E-state index contributed by atoms with van der Waals surface area (Å²) >= 11 is 0. The maximum atomic E-state index is 12.5. The average Bonchev–Trinajstić information content (AvgIpc) is 2.55. The fourth-order valence-corrected chi connectivity index (χ4v) is 1.94. The van der Waals surface area contributed by atoms with Gasteiger partial charge in [0.1, 0.15) is 11.9 Å². The normalized spacial score (nSPS) is 12.8. The van der Waals surface area contributed by atoms with Crippen molar-refractivity contribution in [2.24, 2.45) is 0 Å². The number of benzene rings is 2. The molecule has 2 aromatic rings. The van der Waals surface area contributed by atoms with E-state index < -0.39 is 29.6 Å². The molecule has 0 bridgehead atoms. The maximum Gasteiger partial charge on any atom is 0.416 e. The van der Waals surface area contributed by atoms with Crippen molar-refractivity contribution >= 4 is 0 Å². The van der Waals surface area contributed by atoms with Crippen LogP contribution in [0.5, 0.6) is 5.75 Å². The lowest BCUT2D eigenvalue weighted by atomic mass is 10.1. The van der Waals surface area contributed by atoms with Crippen molar-refractivity contribution in [2.45, 2.75) is 25.4 Å². The number of halogens is 6. The van der Waals surface area contributed by atoms with Crippen LogP contribution in [-0.4, -0.2) is 12.2 Å². The second-order valence-corrected chi connectivity index (χ2v) is 4.90. The van der Waals surface area contributed by atoms with Gasteiger partial charge in [-0.3, -0.25) is 0 Å². The molecule has 0 radical (unpaired) electrons.